The second-order valence-electron chi connectivity index (χ2n) is 4.16. The number of hydrogen-bond donors (Lipinski definition) is 1. The summed E-state index contributed by atoms with van der Waals surface area (Å²) in [6.07, 6.45) is 3.59. The highest BCUT2D eigenvalue weighted by Gasteiger charge is 2.11. The van der Waals surface area contributed by atoms with E-state index < -0.39 is 9.84 Å². The van der Waals surface area contributed by atoms with Gasteiger partial charge < -0.3 is 10.3 Å². The van der Waals surface area contributed by atoms with Crippen molar-refractivity contribution in [2.45, 2.75) is 20.0 Å². The SMILES string of the molecule is CCS(=O)(=O)CCn1cc(CN)c2cccnc21. The molecule has 0 aliphatic heterocycles. The van der Waals surface area contributed by atoms with E-state index in [9.17, 15) is 8.42 Å². The van der Waals surface area contributed by atoms with Gasteiger partial charge in [-0.1, -0.05) is 6.92 Å². The highest BCUT2D eigenvalue weighted by Crippen LogP contribution is 2.18. The summed E-state index contributed by atoms with van der Waals surface area (Å²) in [6, 6.07) is 3.81. The molecule has 18 heavy (non-hydrogen) atoms. The zero-order valence-electron chi connectivity index (χ0n) is 10.3. The van der Waals surface area contributed by atoms with Crippen LogP contribution in [-0.2, 0) is 22.9 Å². The molecule has 0 spiro atoms. The second-order valence-corrected chi connectivity index (χ2v) is 6.64. The molecule has 0 fully saturated rings. The summed E-state index contributed by atoms with van der Waals surface area (Å²) in [5.74, 6) is 0.303. The molecule has 6 heteroatoms. The highest BCUT2D eigenvalue weighted by atomic mass is 32.2. The molecule has 5 nitrogen and oxygen atoms in total. The molecule has 2 heterocycles. The van der Waals surface area contributed by atoms with Crippen LogP contribution in [0.25, 0.3) is 11.0 Å². The zero-order valence-corrected chi connectivity index (χ0v) is 11.2. The van der Waals surface area contributed by atoms with Gasteiger partial charge in [0.15, 0.2) is 9.84 Å². The van der Waals surface area contributed by atoms with E-state index in [-0.39, 0.29) is 11.5 Å². The first kappa shape index (κ1) is 13.0. The Labute approximate surface area is 107 Å². The molecule has 0 aliphatic carbocycles. The van der Waals surface area contributed by atoms with Crippen LogP contribution in [0.5, 0.6) is 0 Å². The van der Waals surface area contributed by atoms with Gasteiger partial charge in [-0.25, -0.2) is 13.4 Å². The van der Waals surface area contributed by atoms with Crippen molar-refractivity contribution < 1.29 is 8.42 Å². The van der Waals surface area contributed by atoms with Crippen molar-refractivity contribution in [2.24, 2.45) is 5.73 Å². The monoisotopic (exact) mass is 267 g/mol. The topological polar surface area (TPSA) is 78.0 Å². The molecule has 2 rings (SSSR count). The lowest BCUT2D eigenvalue weighted by molar-refractivity contribution is 0.591. The normalized spacial score (nSPS) is 12.1. The van der Waals surface area contributed by atoms with Crippen LogP contribution in [-0.4, -0.2) is 29.5 Å². The Kier molecular flexibility index (Phi) is 3.68. The molecule has 98 valence electrons. The van der Waals surface area contributed by atoms with E-state index in [0.717, 1.165) is 16.6 Å². The summed E-state index contributed by atoms with van der Waals surface area (Å²) in [7, 11) is -2.96. The molecule has 0 saturated heterocycles. The minimum atomic E-state index is -2.96. The largest absolute Gasteiger partial charge is 0.331 e. The van der Waals surface area contributed by atoms with Crippen molar-refractivity contribution in [3.8, 4) is 0 Å². The van der Waals surface area contributed by atoms with Gasteiger partial charge in [0.2, 0.25) is 0 Å². The Morgan fingerprint density at radius 3 is 2.89 bits per heavy atom. The third kappa shape index (κ3) is 2.54. The third-order valence-electron chi connectivity index (χ3n) is 3.02. The molecule has 0 bridgehead atoms. The van der Waals surface area contributed by atoms with Crippen molar-refractivity contribution >= 4 is 20.9 Å². The van der Waals surface area contributed by atoms with Crippen LogP contribution in [0.4, 0.5) is 0 Å². The van der Waals surface area contributed by atoms with Gasteiger partial charge in [0, 0.05) is 36.6 Å². The fourth-order valence-electron chi connectivity index (χ4n) is 1.91. The van der Waals surface area contributed by atoms with Gasteiger partial charge in [0.25, 0.3) is 0 Å². The molecule has 2 N–H and O–H groups in total. The van der Waals surface area contributed by atoms with Crippen molar-refractivity contribution in [2.75, 3.05) is 11.5 Å². The van der Waals surface area contributed by atoms with Gasteiger partial charge in [0.05, 0.1) is 5.75 Å². The Morgan fingerprint density at radius 1 is 1.44 bits per heavy atom. The number of pyridine rings is 1. The van der Waals surface area contributed by atoms with Gasteiger partial charge in [0.1, 0.15) is 5.65 Å². The molecule has 0 radical (unpaired) electrons. The quantitative estimate of drug-likeness (QED) is 0.874. The van der Waals surface area contributed by atoms with Crippen LogP contribution in [0.2, 0.25) is 0 Å². The van der Waals surface area contributed by atoms with Gasteiger partial charge in [-0.2, -0.15) is 0 Å². The van der Waals surface area contributed by atoms with E-state index in [2.05, 4.69) is 4.98 Å². The van der Waals surface area contributed by atoms with Gasteiger partial charge >= 0.3 is 0 Å². The second kappa shape index (κ2) is 5.07. The Bertz CT molecular complexity index is 646. The van der Waals surface area contributed by atoms with Gasteiger partial charge in [-0.3, -0.25) is 0 Å². The van der Waals surface area contributed by atoms with Crippen LogP contribution in [0.15, 0.2) is 24.5 Å². The Hall–Kier alpha value is -1.40. The number of fused-ring (bicyclic) bond motifs is 1. The van der Waals surface area contributed by atoms with Crippen molar-refractivity contribution in [1.82, 2.24) is 9.55 Å². The first-order valence-electron chi connectivity index (χ1n) is 5.90. The molecular formula is C12H17N3O2S. The van der Waals surface area contributed by atoms with Gasteiger partial charge in [-0.05, 0) is 17.7 Å². The third-order valence-corrected chi connectivity index (χ3v) is 4.70. The standard InChI is InChI=1S/C12H17N3O2S/c1-2-18(16,17)7-6-15-9-10(8-13)11-4-3-5-14-12(11)15/h3-5,9H,2,6-8,13H2,1H3. The van der Waals surface area contributed by atoms with Crippen LogP contribution < -0.4 is 5.73 Å². The highest BCUT2D eigenvalue weighted by molar-refractivity contribution is 7.91. The van der Waals surface area contributed by atoms with Crippen LogP contribution in [0.1, 0.15) is 12.5 Å². The molecule has 0 atom stereocenters. The Morgan fingerprint density at radius 2 is 2.22 bits per heavy atom. The van der Waals surface area contributed by atoms with Crippen molar-refractivity contribution in [3.63, 3.8) is 0 Å². The first-order chi connectivity index (χ1) is 8.57. The summed E-state index contributed by atoms with van der Waals surface area (Å²) >= 11 is 0. The predicted octanol–water partition coefficient (Wildman–Crippen LogP) is 0.930. The van der Waals surface area contributed by atoms with E-state index in [1.165, 1.54) is 0 Å². The summed E-state index contributed by atoms with van der Waals surface area (Å²) in [6.45, 7) is 2.51. The van der Waals surface area contributed by atoms with E-state index in [0.29, 0.717) is 13.1 Å². The molecule has 0 aromatic carbocycles. The van der Waals surface area contributed by atoms with Gasteiger partial charge in [-0.15, -0.1) is 0 Å². The zero-order chi connectivity index (χ0) is 13.2. The summed E-state index contributed by atoms with van der Waals surface area (Å²) in [5.41, 5.74) is 7.47. The maximum atomic E-state index is 11.5. The average Bonchev–Trinajstić information content (AvgIpc) is 2.75. The molecular weight excluding hydrogens is 250 g/mol. The number of sulfone groups is 1. The number of nitrogens with zero attached hydrogens (tertiary/aromatic N) is 2. The van der Waals surface area contributed by atoms with Crippen LogP contribution in [0.3, 0.4) is 0 Å². The summed E-state index contributed by atoms with van der Waals surface area (Å²) in [4.78, 5) is 4.29. The number of aryl methyl sites for hydroxylation is 1. The summed E-state index contributed by atoms with van der Waals surface area (Å²) < 4.78 is 24.9. The number of nitrogens with two attached hydrogens (primary N) is 1. The first-order valence-corrected chi connectivity index (χ1v) is 7.72. The number of hydrogen-bond acceptors (Lipinski definition) is 4. The Balaban J connectivity index is 2.34. The molecule has 0 aliphatic rings. The van der Waals surface area contributed by atoms with Crippen molar-refractivity contribution in [1.29, 1.82) is 0 Å². The number of rotatable bonds is 5. The maximum absolute atomic E-state index is 11.5. The van der Waals surface area contributed by atoms with Crippen LogP contribution >= 0.6 is 0 Å². The fraction of sp³-hybridized carbons (Fsp3) is 0.417. The lowest BCUT2D eigenvalue weighted by Crippen LogP contribution is -2.14. The smallest absolute Gasteiger partial charge is 0.151 e. The molecule has 0 saturated carbocycles. The lowest BCUT2D eigenvalue weighted by Gasteiger charge is -2.04. The molecule has 2 aromatic heterocycles. The van der Waals surface area contributed by atoms with Crippen LogP contribution in [0, 0.1) is 0 Å². The van der Waals surface area contributed by atoms with E-state index in [1.54, 1.807) is 13.1 Å². The number of aromatic nitrogens is 2. The van der Waals surface area contributed by atoms with E-state index in [1.807, 2.05) is 22.9 Å². The minimum Gasteiger partial charge on any atom is -0.331 e. The van der Waals surface area contributed by atoms with E-state index >= 15 is 0 Å². The fourth-order valence-corrected chi connectivity index (χ4v) is 2.67. The lowest BCUT2D eigenvalue weighted by atomic mass is 10.2. The minimum absolute atomic E-state index is 0.133. The molecule has 0 amide bonds. The van der Waals surface area contributed by atoms with E-state index in [4.69, 9.17) is 5.73 Å². The summed E-state index contributed by atoms with van der Waals surface area (Å²) in [5, 5.41) is 0.994. The van der Waals surface area contributed by atoms with Crippen molar-refractivity contribution in [3.05, 3.63) is 30.1 Å². The molecule has 0 unspecified atom stereocenters. The average molecular weight is 267 g/mol. The predicted molar refractivity (Wildman–Crippen MR) is 72.0 cm³/mol. The molecule has 2 aromatic rings. The maximum Gasteiger partial charge on any atom is 0.151 e.